The fraction of sp³-hybridized carbons (Fsp3) is 0.375. The highest BCUT2D eigenvalue weighted by Crippen LogP contribution is 2.14. The minimum absolute atomic E-state index is 0.0637. The first-order valence-electron chi connectivity index (χ1n) is 6.90. The third-order valence-corrected chi connectivity index (χ3v) is 3.23. The topological polar surface area (TPSA) is 46.6 Å². The Morgan fingerprint density at radius 2 is 1.75 bits per heavy atom. The summed E-state index contributed by atoms with van der Waals surface area (Å²) in [7, 11) is 0. The SMILES string of the molecule is CC(=O)Oc1ccc(/C=C/C(=O)N2CCCCC2)cc1. The lowest BCUT2D eigenvalue weighted by atomic mass is 10.1. The van der Waals surface area contributed by atoms with E-state index in [0.29, 0.717) is 5.75 Å². The molecule has 1 aliphatic rings. The van der Waals surface area contributed by atoms with Crippen LogP contribution >= 0.6 is 0 Å². The van der Waals surface area contributed by atoms with E-state index in [2.05, 4.69) is 0 Å². The van der Waals surface area contributed by atoms with Gasteiger partial charge in [-0.25, -0.2) is 0 Å². The van der Waals surface area contributed by atoms with Gasteiger partial charge in [0.05, 0.1) is 0 Å². The molecule has 0 saturated carbocycles. The van der Waals surface area contributed by atoms with Gasteiger partial charge in [0.1, 0.15) is 5.75 Å². The molecule has 1 aromatic carbocycles. The molecular weight excluding hydrogens is 254 g/mol. The molecule has 0 aliphatic carbocycles. The molecule has 0 unspecified atom stereocenters. The molecule has 2 rings (SSSR count). The van der Waals surface area contributed by atoms with E-state index < -0.39 is 0 Å². The Balaban J connectivity index is 1.93. The van der Waals surface area contributed by atoms with Crippen molar-refractivity contribution in [2.24, 2.45) is 0 Å². The Labute approximate surface area is 119 Å². The average Bonchev–Trinajstić information content (AvgIpc) is 2.46. The van der Waals surface area contributed by atoms with Crippen LogP contribution < -0.4 is 4.74 Å². The van der Waals surface area contributed by atoms with E-state index in [1.807, 2.05) is 17.0 Å². The van der Waals surface area contributed by atoms with Crippen molar-refractivity contribution in [2.45, 2.75) is 26.2 Å². The molecule has 0 spiro atoms. The number of benzene rings is 1. The van der Waals surface area contributed by atoms with Crippen LogP contribution in [0.15, 0.2) is 30.3 Å². The fourth-order valence-electron chi connectivity index (χ4n) is 2.20. The minimum atomic E-state index is -0.339. The highest BCUT2D eigenvalue weighted by Gasteiger charge is 2.13. The highest BCUT2D eigenvalue weighted by atomic mass is 16.5. The molecule has 106 valence electrons. The van der Waals surface area contributed by atoms with Crippen LogP contribution in [-0.4, -0.2) is 29.9 Å². The number of hydrogen-bond donors (Lipinski definition) is 0. The van der Waals surface area contributed by atoms with Crippen molar-refractivity contribution in [3.63, 3.8) is 0 Å². The van der Waals surface area contributed by atoms with Gasteiger partial charge < -0.3 is 9.64 Å². The Kier molecular flexibility index (Phi) is 4.93. The lowest BCUT2D eigenvalue weighted by molar-refractivity contribution is -0.132. The second-order valence-electron chi connectivity index (χ2n) is 4.88. The third kappa shape index (κ3) is 4.23. The smallest absolute Gasteiger partial charge is 0.308 e. The van der Waals surface area contributed by atoms with E-state index in [1.54, 1.807) is 24.3 Å². The van der Waals surface area contributed by atoms with Crippen molar-refractivity contribution in [3.8, 4) is 5.75 Å². The molecule has 4 heteroatoms. The molecule has 0 atom stereocenters. The van der Waals surface area contributed by atoms with Crippen LogP contribution in [0.5, 0.6) is 5.75 Å². The molecule has 1 fully saturated rings. The number of rotatable bonds is 3. The molecule has 1 heterocycles. The molecule has 1 aromatic rings. The molecule has 0 bridgehead atoms. The van der Waals surface area contributed by atoms with Gasteiger partial charge >= 0.3 is 5.97 Å². The van der Waals surface area contributed by atoms with Gasteiger partial charge in [0.15, 0.2) is 0 Å². The zero-order valence-electron chi connectivity index (χ0n) is 11.7. The summed E-state index contributed by atoms with van der Waals surface area (Å²) >= 11 is 0. The van der Waals surface area contributed by atoms with Gasteiger partial charge in [-0.15, -0.1) is 0 Å². The number of amides is 1. The van der Waals surface area contributed by atoms with Gasteiger partial charge in [0, 0.05) is 26.1 Å². The van der Waals surface area contributed by atoms with Gasteiger partial charge in [-0.3, -0.25) is 9.59 Å². The Morgan fingerprint density at radius 1 is 1.10 bits per heavy atom. The van der Waals surface area contributed by atoms with E-state index in [-0.39, 0.29) is 11.9 Å². The summed E-state index contributed by atoms with van der Waals surface area (Å²) in [6.45, 7) is 3.08. The summed E-state index contributed by atoms with van der Waals surface area (Å²) in [5, 5.41) is 0. The largest absolute Gasteiger partial charge is 0.427 e. The fourth-order valence-corrected chi connectivity index (χ4v) is 2.20. The maximum absolute atomic E-state index is 12.0. The van der Waals surface area contributed by atoms with Gasteiger partial charge in [-0.05, 0) is 43.0 Å². The molecular formula is C16H19NO3. The Hall–Kier alpha value is -2.10. The van der Waals surface area contributed by atoms with Gasteiger partial charge in [0.25, 0.3) is 0 Å². The normalized spacial score (nSPS) is 15.3. The number of likely N-dealkylation sites (tertiary alicyclic amines) is 1. The van der Waals surface area contributed by atoms with E-state index in [1.165, 1.54) is 13.3 Å². The molecule has 20 heavy (non-hydrogen) atoms. The maximum atomic E-state index is 12.0. The van der Waals surface area contributed by atoms with Crippen LogP contribution in [0.2, 0.25) is 0 Å². The minimum Gasteiger partial charge on any atom is -0.427 e. The van der Waals surface area contributed by atoms with Crippen LogP contribution in [0.25, 0.3) is 6.08 Å². The monoisotopic (exact) mass is 273 g/mol. The van der Waals surface area contributed by atoms with E-state index >= 15 is 0 Å². The zero-order valence-corrected chi connectivity index (χ0v) is 11.7. The number of piperidine rings is 1. The van der Waals surface area contributed by atoms with Crippen molar-refractivity contribution in [2.75, 3.05) is 13.1 Å². The number of carbonyl (C=O) groups excluding carboxylic acids is 2. The van der Waals surface area contributed by atoms with Crippen LogP contribution in [0, 0.1) is 0 Å². The number of hydrogen-bond acceptors (Lipinski definition) is 3. The van der Waals surface area contributed by atoms with Gasteiger partial charge in [0.2, 0.25) is 5.91 Å². The van der Waals surface area contributed by atoms with Crippen LogP contribution in [0.3, 0.4) is 0 Å². The molecule has 1 saturated heterocycles. The second kappa shape index (κ2) is 6.89. The first kappa shape index (κ1) is 14.3. The summed E-state index contributed by atoms with van der Waals surface area (Å²) < 4.78 is 4.95. The first-order valence-corrected chi connectivity index (χ1v) is 6.90. The van der Waals surface area contributed by atoms with Crippen molar-refractivity contribution in [1.29, 1.82) is 0 Å². The average molecular weight is 273 g/mol. The molecule has 0 aromatic heterocycles. The predicted molar refractivity (Wildman–Crippen MR) is 77.2 cm³/mol. The van der Waals surface area contributed by atoms with E-state index in [4.69, 9.17) is 4.74 Å². The third-order valence-electron chi connectivity index (χ3n) is 3.23. The summed E-state index contributed by atoms with van der Waals surface area (Å²) in [4.78, 5) is 24.6. The zero-order chi connectivity index (χ0) is 14.4. The molecule has 0 radical (unpaired) electrons. The standard InChI is InChI=1S/C16H19NO3/c1-13(18)20-15-8-5-14(6-9-15)7-10-16(19)17-11-3-2-4-12-17/h5-10H,2-4,11-12H2,1H3/b10-7+. The summed E-state index contributed by atoms with van der Waals surface area (Å²) in [6.07, 6.45) is 6.79. The van der Waals surface area contributed by atoms with Crippen molar-refractivity contribution in [3.05, 3.63) is 35.9 Å². The number of carbonyl (C=O) groups is 2. The molecule has 4 nitrogen and oxygen atoms in total. The summed E-state index contributed by atoms with van der Waals surface area (Å²) in [5.41, 5.74) is 0.909. The van der Waals surface area contributed by atoms with Crippen LogP contribution in [-0.2, 0) is 9.59 Å². The highest BCUT2D eigenvalue weighted by molar-refractivity contribution is 5.91. The maximum Gasteiger partial charge on any atom is 0.308 e. The predicted octanol–water partition coefficient (Wildman–Crippen LogP) is 2.64. The quantitative estimate of drug-likeness (QED) is 0.483. The van der Waals surface area contributed by atoms with E-state index in [9.17, 15) is 9.59 Å². The Morgan fingerprint density at radius 3 is 2.35 bits per heavy atom. The summed E-state index contributed by atoms with van der Waals surface area (Å²) in [6, 6.07) is 7.06. The second-order valence-corrected chi connectivity index (χ2v) is 4.88. The number of ether oxygens (including phenoxy) is 1. The number of esters is 1. The van der Waals surface area contributed by atoms with Gasteiger partial charge in [-0.1, -0.05) is 12.1 Å². The van der Waals surface area contributed by atoms with Crippen LogP contribution in [0.1, 0.15) is 31.7 Å². The van der Waals surface area contributed by atoms with Crippen molar-refractivity contribution >= 4 is 18.0 Å². The molecule has 1 aliphatic heterocycles. The number of nitrogens with zero attached hydrogens (tertiary/aromatic N) is 1. The first-order chi connectivity index (χ1) is 9.65. The van der Waals surface area contributed by atoms with Crippen molar-refractivity contribution < 1.29 is 14.3 Å². The molecule has 1 amide bonds. The lowest BCUT2D eigenvalue weighted by Crippen LogP contribution is -2.34. The molecule has 0 N–H and O–H groups in total. The lowest BCUT2D eigenvalue weighted by Gasteiger charge is -2.25. The van der Waals surface area contributed by atoms with Crippen molar-refractivity contribution in [1.82, 2.24) is 4.90 Å². The van der Waals surface area contributed by atoms with Crippen LogP contribution in [0.4, 0.5) is 0 Å². The summed E-state index contributed by atoms with van der Waals surface area (Å²) in [5.74, 6) is 0.235. The van der Waals surface area contributed by atoms with E-state index in [0.717, 1.165) is 31.5 Å². The Bertz CT molecular complexity index is 499. The van der Waals surface area contributed by atoms with Gasteiger partial charge in [-0.2, -0.15) is 0 Å².